The first kappa shape index (κ1) is 30.2. The number of ether oxygens (including phenoxy) is 1. The van der Waals surface area contributed by atoms with E-state index in [2.05, 4.69) is 62.2 Å². The summed E-state index contributed by atoms with van der Waals surface area (Å²) < 4.78 is 8.54. The molecule has 1 unspecified atom stereocenters. The maximum Gasteiger partial charge on any atom is 0.319 e. The van der Waals surface area contributed by atoms with Crippen molar-refractivity contribution in [3.05, 3.63) is 46.8 Å². The number of benzene rings is 1. The topological polar surface area (TPSA) is 151 Å². The summed E-state index contributed by atoms with van der Waals surface area (Å²) >= 11 is 3.48. The predicted molar refractivity (Wildman–Crippen MR) is 159 cm³/mol. The number of hydrogen-bond acceptors (Lipinski definition) is 8. The fourth-order valence-electron chi connectivity index (χ4n) is 5.03. The predicted octanol–water partition coefficient (Wildman–Crippen LogP) is 3.61. The number of anilines is 2. The van der Waals surface area contributed by atoms with Crippen molar-refractivity contribution in [1.29, 1.82) is 0 Å². The second-order valence-electron chi connectivity index (χ2n) is 11.6. The van der Waals surface area contributed by atoms with Gasteiger partial charge in [-0.25, -0.2) is 14.8 Å². The third-order valence-corrected chi connectivity index (χ3v) is 8.05. The number of nitrogen functional groups attached to an aromatic ring is 1. The Morgan fingerprint density at radius 1 is 1.20 bits per heavy atom. The van der Waals surface area contributed by atoms with E-state index in [1.807, 2.05) is 38.4 Å². The summed E-state index contributed by atoms with van der Waals surface area (Å²) in [4.78, 5) is 22.8. The number of aromatic nitrogens is 3. The van der Waals surface area contributed by atoms with Crippen LogP contribution in [0.25, 0.3) is 11.0 Å². The molecule has 12 heteroatoms. The Kier molecular flexibility index (Phi) is 9.36. The molecule has 2 amide bonds. The smallest absolute Gasteiger partial charge is 0.319 e. The number of urea groups is 1. The van der Waals surface area contributed by atoms with Crippen molar-refractivity contribution in [2.75, 3.05) is 31.7 Å². The quantitative estimate of drug-likeness (QED) is 0.228. The normalized spacial score (nSPS) is 22.1. The fourth-order valence-corrected chi connectivity index (χ4v) is 5.63. The molecule has 3 heterocycles. The van der Waals surface area contributed by atoms with Crippen LogP contribution in [0.1, 0.15) is 51.8 Å². The van der Waals surface area contributed by atoms with Gasteiger partial charge >= 0.3 is 6.03 Å². The molecule has 6 N–H and O–H groups in total. The van der Waals surface area contributed by atoms with Gasteiger partial charge in [0, 0.05) is 28.9 Å². The zero-order valence-electron chi connectivity index (χ0n) is 23.6. The molecular formula is C28H40BrN7O4. The molecule has 2 aromatic heterocycles. The van der Waals surface area contributed by atoms with Gasteiger partial charge in [-0.15, -0.1) is 0 Å². The number of aliphatic hydroxyl groups is 2. The first-order valence-electron chi connectivity index (χ1n) is 13.5. The summed E-state index contributed by atoms with van der Waals surface area (Å²) in [6, 6.07) is 7.69. The van der Waals surface area contributed by atoms with Crippen molar-refractivity contribution in [3.63, 3.8) is 0 Å². The number of nitrogens with zero attached hydrogens (tertiary/aromatic N) is 4. The molecule has 0 spiro atoms. The molecule has 0 radical (unpaired) electrons. The zero-order valence-corrected chi connectivity index (χ0v) is 25.2. The Balaban J connectivity index is 1.30. The van der Waals surface area contributed by atoms with Gasteiger partial charge in [-0.2, -0.15) is 0 Å². The van der Waals surface area contributed by atoms with E-state index < -0.39 is 24.5 Å². The van der Waals surface area contributed by atoms with E-state index in [4.69, 9.17) is 10.5 Å². The Morgan fingerprint density at radius 2 is 1.90 bits per heavy atom. The first-order valence-corrected chi connectivity index (χ1v) is 14.3. The van der Waals surface area contributed by atoms with Crippen molar-refractivity contribution in [2.24, 2.45) is 0 Å². The molecule has 1 saturated heterocycles. The number of amides is 2. The number of hydrogen-bond donors (Lipinski definition) is 5. The van der Waals surface area contributed by atoms with Crippen molar-refractivity contribution < 1.29 is 19.7 Å². The van der Waals surface area contributed by atoms with Crippen LogP contribution in [0.2, 0.25) is 0 Å². The van der Waals surface area contributed by atoms with Crippen molar-refractivity contribution >= 4 is 44.5 Å². The Morgan fingerprint density at radius 3 is 2.55 bits per heavy atom. The van der Waals surface area contributed by atoms with Crippen LogP contribution >= 0.6 is 15.9 Å². The largest absolute Gasteiger partial charge is 0.388 e. The van der Waals surface area contributed by atoms with Gasteiger partial charge in [0.25, 0.3) is 0 Å². The van der Waals surface area contributed by atoms with Crippen LogP contribution in [0.3, 0.4) is 0 Å². The molecule has 40 heavy (non-hydrogen) atoms. The molecule has 0 aliphatic carbocycles. The highest BCUT2D eigenvalue weighted by molar-refractivity contribution is 9.10. The lowest BCUT2D eigenvalue weighted by Gasteiger charge is -2.28. The highest BCUT2D eigenvalue weighted by atomic mass is 79.9. The van der Waals surface area contributed by atoms with Gasteiger partial charge in [0.05, 0.1) is 11.5 Å². The monoisotopic (exact) mass is 617 g/mol. The SMILES string of the molecule is CN(C)C(CCCNC(=O)Nc1ccc(C(C)(C)C)cc1)C[C@H]1O[C@@H](n2cc(Br)c3c(N)ncnc32)[C@H](O)[C@@H]1O. The number of rotatable bonds is 9. The van der Waals surface area contributed by atoms with Crippen molar-refractivity contribution in [2.45, 2.75) is 76.0 Å². The second-order valence-corrected chi connectivity index (χ2v) is 12.4. The van der Waals surface area contributed by atoms with Crippen LogP contribution in [-0.2, 0) is 10.2 Å². The van der Waals surface area contributed by atoms with Gasteiger partial charge in [0.1, 0.15) is 30.0 Å². The minimum absolute atomic E-state index is 0.0552. The average molecular weight is 619 g/mol. The first-order chi connectivity index (χ1) is 18.9. The minimum Gasteiger partial charge on any atom is -0.388 e. The average Bonchev–Trinajstić information content (AvgIpc) is 3.37. The summed E-state index contributed by atoms with van der Waals surface area (Å²) in [5.74, 6) is 0.314. The lowest BCUT2D eigenvalue weighted by molar-refractivity contribution is -0.0429. The van der Waals surface area contributed by atoms with Gasteiger partial charge in [0.15, 0.2) is 6.23 Å². The zero-order chi connectivity index (χ0) is 29.2. The van der Waals surface area contributed by atoms with Crippen LogP contribution in [0, 0.1) is 0 Å². The summed E-state index contributed by atoms with van der Waals surface area (Å²) in [7, 11) is 3.94. The molecule has 218 valence electrons. The number of nitrogens with two attached hydrogens (primary N) is 1. The summed E-state index contributed by atoms with van der Waals surface area (Å²) in [6.45, 7) is 6.95. The highest BCUT2D eigenvalue weighted by Crippen LogP contribution is 2.37. The highest BCUT2D eigenvalue weighted by Gasteiger charge is 2.45. The minimum atomic E-state index is -1.14. The van der Waals surface area contributed by atoms with E-state index in [1.54, 1.807) is 10.8 Å². The van der Waals surface area contributed by atoms with E-state index >= 15 is 0 Å². The lowest BCUT2D eigenvalue weighted by Crippen LogP contribution is -2.38. The van der Waals surface area contributed by atoms with Crippen molar-refractivity contribution in [3.8, 4) is 0 Å². The van der Waals surface area contributed by atoms with Gasteiger partial charge < -0.3 is 40.8 Å². The van der Waals surface area contributed by atoms with Crippen LogP contribution in [-0.4, -0.2) is 80.7 Å². The molecule has 5 atom stereocenters. The second kappa shape index (κ2) is 12.4. The van der Waals surface area contributed by atoms with E-state index in [0.717, 1.165) is 18.5 Å². The van der Waals surface area contributed by atoms with Crippen LogP contribution in [0.15, 0.2) is 41.3 Å². The number of halogens is 1. The van der Waals surface area contributed by atoms with Crippen molar-refractivity contribution in [1.82, 2.24) is 24.8 Å². The Bertz CT molecular complexity index is 1310. The van der Waals surface area contributed by atoms with Gasteiger partial charge in [0.2, 0.25) is 0 Å². The molecule has 0 saturated carbocycles. The summed E-state index contributed by atoms with van der Waals surface area (Å²) in [5, 5.41) is 28.1. The molecule has 1 aromatic carbocycles. The van der Waals surface area contributed by atoms with Gasteiger partial charge in [-0.3, -0.25) is 0 Å². The number of nitrogens with one attached hydrogen (secondary N) is 2. The van der Waals surface area contributed by atoms with Crippen LogP contribution in [0.5, 0.6) is 0 Å². The molecule has 1 aliphatic rings. The molecule has 4 rings (SSSR count). The third-order valence-electron chi connectivity index (χ3n) is 7.45. The fraction of sp³-hybridized carbons (Fsp3) is 0.536. The molecule has 1 aliphatic heterocycles. The number of aliphatic hydroxyl groups excluding tert-OH is 2. The lowest BCUT2D eigenvalue weighted by atomic mass is 9.87. The standard InChI is InChI=1S/C28H40BrN7O4/c1-28(2,3)16-8-10-17(11-9-16)34-27(39)31-12-6-7-18(35(4)5)13-20-22(37)23(38)26(40-20)36-14-19(29)21-24(30)32-15-33-25(21)36/h8-11,14-15,18,20,22-23,26,37-38H,6-7,12-13H2,1-5H3,(H2,30,32,33)(H2,31,34,39)/t18?,20-,22-,23-,26-/m1/s1. The Hall–Kier alpha value is -2.77. The van der Waals surface area contributed by atoms with Gasteiger partial charge in [-0.05, 0) is 72.4 Å². The maximum atomic E-state index is 12.4. The molecule has 3 aromatic rings. The molecule has 1 fully saturated rings. The van der Waals surface area contributed by atoms with E-state index in [1.165, 1.54) is 11.9 Å². The number of carbonyl (C=O) groups is 1. The number of fused-ring (bicyclic) bond motifs is 1. The molecule has 0 bridgehead atoms. The molecular weight excluding hydrogens is 578 g/mol. The maximum absolute atomic E-state index is 12.4. The van der Waals surface area contributed by atoms with Crippen LogP contribution in [0.4, 0.5) is 16.3 Å². The van der Waals surface area contributed by atoms with Gasteiger partial charge in [-0.1, -0.05) is 32.9 Å². The van der Waals surface area contributed by atoms with E-state index in [0.29, 0.717) is 34.3 Å². The number of carbonyl (C=O) groups excluding carboxylic acids is 1. The summed E-state index contributed by atoms with van der Waals surface area (Å²) in [5.41, 5.74) is 8.52. The summed E-state index contributed by atoms with van der Waals surface area (Å²) in [6.07, 6.45) is 1.47. The molecule has 11 nitrogen and oxygen atoms in total. The van der Waals surface area contributed by atoms with Crippen LogP contribution < -0.4 is 16.4 Å². The van der Waals surface area contributed by atoms with E-state index in [-0.39, 0.29) is 17.5 Å². The third kappa shape index (κ3) is 6.74. The Labute approximate surface area is 243 Å². The van der Waals surface area contributed by atoms with E-state index in [9.17, 15) is 15.0 Å².